The molecular weight excluding hydrogens is 1370 g/mol. The average molecular weight is 1580 g/mol. The molecule has 0 heterocycles. The molecule has 10 heteroatoms. The van der Waals surface area contributed by atoms with Crippen LogP contribution >= 0.6 is 0 Å². The number of hydrogen-bond acceptors (Lipinski definition) is 10. The molecular formula is C101H202O10. The molecule has 0 aromatic heterocycles. The quantitative estimate of drug-likeness (QED) is 0.0578. The Morgan fingerprint density at radius 3 is 0.919 bits per heavy atom. The van der Waals surface area contributed by atoms with E-state index in [-0.39, 0.29) is 170 Å². The van der Waals surface area contributed by atoms with Gasteiger partial charge >= 0.3 is 29.8 Å². The lowest BCUT2D eigenvalue weighted by Crippen LogP contribution is -2.60. The first-order chi connectivity index (χ1) is 47.0. The number of carbonyl (C=O) groups excluding carboxylic acids is 5. The number of rotatable bonds is 27. The van der Waals surface area contributed by atoms with Crippen molar-refractivity contribution < 1.29 is 47.7 Å². The maximum Gasteiger partial charge on any atom is 0.312 e. The van der Waals surface area contributed by atoms with Crippen LogP contribution in [-0.2, 0) is 47.7 Å². The van der Waals surface area contributed by atoms with Gasteiger partial charge in [-0.25, -0.2) is 0 Å². The molecule has 12 fully saturated rings. The van der Waals surface area contributed by atoms with Crippen molar-refractivity contribution in [2.24, 2.45) is 103 Å². The zero-order valence-corrected chi connectivity index (χ0v) is 70.8. The second-order valence-corrected chi connectivity index (χ2v) is 40.3. The molecule has 12 aliphatic rings. The highest BCUT2D eigenvalue weighted by molar-refractivity contribution is 5.78. The van der Waals surface area contributed by atoms with Gasteiger partial charge in [-0.1, -0.05) is 208 Å². The molecule has 3 atom stereocenters. The van der Waals surface area contributed by atoms with Gasteiger partial charge in [0, 0.05) is 16.7 Å². The summed E-state index contributed by atoms with van der Waals surface area (Å²) < 4.78 is 30.6. The van der Waals surface area contributed by atoms with Crippen LogP contribution in [0.2, 0.25) is 0 Å². The number of esters is 5. The molecule has 0 N–H and O–H groups in total. The van der Waals surface area contributed by atoms with Crippen LogP contribution in [0.4, 0.5) is 0 Å². The van der Waals surface area contributed by atoms with E-state index in [2.05, 4.69) is 96.9 Å². The van der Waals surface area contributed by atoms with Crippen LogP contribution in [0.25, 0.3) is 0 Å². The smallest absolute Gasteiger partial charge is 0.312 e. The summed E-state index contributed by atoms with van der Waals surface area (Å²) in [7, 11) is 0. The fourth-order valence-corrected chi connectivity index (χ4v) is 21.8. The van der Waals surface area contributed by atoms with Gasteiger partial charge in [-0.2, -0.15) is 0 Å². The third kappa shape index (κ3) is 27.7. The van der Waals surface area contributed by atoms with E-state index in [1.54, 1.807) is 0 Å². The standard InChI is InChI=1S/C21H36O2.C19H32O2.C18H34O2.C17H32O2.C16H28O2.10CH4/c1-6-19(4,5)18(22)23-21(7-2,8-3)20-12-15-9-16(13-20)11-17(10-15)14-20;1-6-17(2,3)16(20)21-18(4,5)19-10-13-7-14(11-19)9-15(8-13)12-19;1-6-17(4,5)16(19)20-18(7-2,8-3)14-15-12-10-9-11-13-15;1-6-16(4,5)15(18)19-17(7-2,8-3)14-12-10-9-11-13-14;1-6-15(2,3)14(17)18-16(4,5)13-10-11-7-8-12(13)9-11;;;;;;;;;;/h15-17H,6-14H2,1-5H3;13-15H,6-12H2,1-5H3;15H,6-14H2,1-5H3;14H,6-13H2,1-5H3;11-13H,6-10H2,1-5H3;10*1H4. The van der Waals surface area contributed by atoms with Crippen molar-refractivity contribution in [1.29, 1.82) is 0 Å². The molecule has 12 rings (SSSR count). The van der Waals surface area contributed by atoms with Gasteiger partial charge in [0.05, 0.1) is 27.1 Å². The summed E-state index contributed by atoms with van der Waals surface area (Å²) in [6.45, 7) is 52.1. The molecule has 0 aromatic rings. The minimum Gasteiger partial charge on any atom is -0.459 e. The van der Waals surface area contributed by atoms with Gasteiger partial charge in [0.25, 0.3) is 0 Å². The molecule has 10 nitrogen and oxygen atoms in total. The minimum atomic E-state index is -0.363. The molecule has 0 amide bonds. The summed E-state index contributed by atoms with van der Waals surface area (Å²) in [5, 5.41) is 0. The Balaban J connectivity index is -0.000000413. The van der Waals surface area contributed by atoms with Gasteiger partial charge in [0.2, 0.25) is 0 Å². The minimum absolute atomic E-state index is 0. The van der Waals surface area contributed by atoms with E-state index in [1.807, 2.05) is 76.2 Å². The maximum atomic E-state index is 12.9. The van der Waals surface area contributed by atoms with Crippen molar-refractivity contribution in [3.63, 3.8) is 0 Å². The Kier molecular flexibility index (Phi) is 49.7. The fourth-order valence-electron chi connectivity index (χ4n) is 21.8. The predicted molar refractivity (Wildman–Crippen MR) is 484 cm³/mol. The maximum absolute atomic E-state index is 12.9. The van der Waals surface area contributed by atoms with Crippen molar-refractivity contribution >= 4 is 29.8 Å². The van der Waals surface area contributed by atoms with Crippen molar-refractivity contribution in [3.8, 4) is 0 Å². The molecule has 666 valence electrons. The zero-order valence-electron chi connectivity index (χ0n) is 70.8. The molecule has 12 saturated carbocycles. The van der Waals surface area contributed by atoms with Gasteiger partial charge in [-0.15, -0.1) is 0 Å². The first kappa shape index (κ1) is 117. The van der Waals surface area contributed by atoms with Crippen molar-refractivity contribution in [2.45, 2.75) is 519 Å². The molecule has 0 spiro atoms. The van der Waals surface area contributed by atoms with Crippen molar-refractivity contribution in [1.82, 2.24) is 0 Å². The monoisotopic (exact) mass is 1580 g/mol. The van der Waals surface area contributed by atoms with Crippen LogP contribution in [0.5, 0.6) is 0 Å². The van der Waals surface area contributed by atoms with Crippen LogP contribution < -0.4 is 0 Å². The van der Waals surface area contributed by atoms with Gasteiger partial charge in [-0.05, 0) is 342 Å². The second-order valence-electron chi connectivity index (χ2n) is 40.3. The lowest BCUT2D eigenvalue weighted by atomic mass is 9.44. The first-order valence-electron chi connectivity index (χ1n) is 43.2. The SMILES string of the molecule is C.C.C.C.C.C.C.C.C.C.CCC(C)(C)C(=O)OC(C)(C)C12CC3CC(CC(C3)C1)C2.CCC(C)(C)C(=O)OC(C)(C)C1CC2CCC1C2.CCC(C)(C)C(=O)OC(CC)(CC)C12CC3CC(CC(C3)C1)C2.CCC(C)(C)C(=O)OC(CC)(CC)C1CCCCC1.CCC(CC)(CC1CCCCC1)OC(=O)C(C)(C)CC. The number of fused-ring (bicyclic) bond motifs is 2. The summed E-state index contributed by atoms with van der Waals surface area (Å²) in [6.07, 6.45) is 45.8. The first-order valence-corrected chi connectivity index (χ1v) is 43.2. The third-order valence-corrected chi connectivity index (χ3v) is 31.1. The Bertz CT molecular complexity index is 2550. The Labute approximate surface area is 696 Å². The Hall–Kier alpha value is -2.65. The van der Waals surface area contributed by atoms with E-state index in [1.165, 1.54) is 167 Å². The summed E-state index contributed by atoms with van der Waals surface area (Å²) in [5.41, 5.74) is -2.55. The number of hydrogen-bond donors (Lipinski definition) is 0. The lowest BCUT2D eigenvalue weighted by Gasteiger charge is -2.63. The zero-order chi connectivity index (χ0) is 75.6. The van der Waals surface area contributed by atoms with Crippen LogP contribution in [0.1, 0.15) is 491 Å². The van der Waals surface area contributed by atoms with Crippen LogP contribution in [0.3, 0.4) is 0 Å². The highest BCUT2D eigenvalue weighted by atomic mass is 16.6. The molecule has 0 saturated heterocycles. The van der Waals surface area contributed by atoms with Gasteiger partial charge in [-0.3, -0.25) is 24.0 Å². The number of carbonyl (C=O) groups is 5. The molecule has 0 radical (unpaired) electrons. The van der Waals surface area contributed by atoms with Gasteiger partial charge in [0.15, 0.2) is 0 Å². The fraction of sp³-hybridized carbons (Fsp3) is 0.950. The van der Waals surface area contributed by atoms with E-state index in [9.17, 15) is 24.0 Å². The molecule has 0 aliphatic heterocycles. The summed E-state index contributed by atoms with van der Waals surface area (Å²) in [6, 6.07) is 0. The molecule has 0 aromatic carbocycles. The van der Waals surface area contributed by atoms with Gasteiger partial charge in [0.1, 0.15) is 28.0 Å². The van der Waals surface area contributed by atoms with E-state index >= 15 is 0 Å². The van der Waals surface area contributed by atoms with Crippen molar-refractivity contribution in [2.75, 3.05) is 0 Å². The topological polar surface area (TPSA) is 132 Å². The van der Waals surface area contributed by atoms with Crippen LogP contribution in [0.15, 0.2) is 0 Å². The summed E-state index contributed by atoms with van der Waals surface area (Å²) >= 11 is 0. The highest BCUT2D eigenvalue weighted by Crippen LogP contribution is 2.67. The largest absolute Gasteiger partial charge is 0.459 e. The van der Waals surface area contributed by atoms with Gasteiger partial charge < -0.3 is 23.7 Å². The molecule has 10 bridgehead atoms. The predicted octanol–water partition coefficient (Wildman–Crippen LogP) is 31.8. The van der Waals surface area contributed by atoms with E-state index in [4.69, 9.17) is 23.7 Å². The van der Waals surface area contributed by atoms with Crippen molar-refractivity contribution in [3.05, 3.63) is 0 Å². The molecule has 12 aliphatic carbocycles. The summed E-state index contributed by atoms with van der Waals surface area (Å²) in [5.74, 6) is 8.94. The highest BCUT2D eigenvalue weighted by Gasteiger charge is 2.63. The van der Waals surface area contributed by atoms with E-state index in [0.717, 1.165) is 130 Å². The second kappa shape index (κ2) is 47.2. The normalized spacial score (nSPS) is 26.4. The average Bonchev–Trinajstić information content (AvgIpc) is 1.23. The third-order valence-electron chi connectivity index (χ3n) is 31.1. The molecule has 3 unspecified atom stereocenters. The molecule has 111 heavy (non-hydrogen) atoms. The van der Waals surface area contributed by atoms with Crippen LogP contribution in [0, 0.1) is 103 Å². The van der Waals surface area contributed by atoms with Crippen LogP contribution in [-0.4, -0.2) is 57.9 Å². The van der Waals surface area contributed by atoms with E-state index < -0.39 is 0 Å². The Morgan fingerprint density at radius 2 is 0.613 bits per heavy atom. The Morgan fingerprint density at radius 1 is 0.297 bits per heavy atom. The summed E-state index contributed by atoms with van der Waals surface area (Å²) in [4.78, 5) is 62.6. The lowest BCUT2D eigenvalue weighted by molar-refractivity contribution is -0.219. The van der Waals surface area contributed by atoms with E-state index in [0.29, 0.717) is 11.8 Å². The number of ether oxygens (including phenoxy) is 5.